The van der Waals surface area contributed by atoms with Crippen LogP contribution in [-0.4, -0.2) is 38.0 Å². The van der Waals surface area contributed by atoms with Gasteiger partial charge in [-0.05, 0) is 50.4 Å². The number of benzene rings is 2. The smallest absolute Gasteiger partial charge is 0.0233 e. The van der Waals surface area contributed by atoms with Crippen molar-refractivity contribution >= 4 is 0 Å². The molecule has 0 aliphatic heterocycles. The van der Waals surface area contributed by atoms with Gasteiger partial charge in [0.1, 0.15) is 0 Å². The lowest BCUT2D eigenvalue weighted by Crippen LogP contribution is -2.13. The second-order valence-corrected chi connectivity index (χ2v) is 5.79. The van der Waals surface area contributed by atoms with Crippen molar-refractivity contribution in [2.45, 2.75) is 13.1 Å². The fourth-order valence-corrected chi connectivity index (χ4v) is 2.52. The van der Waals surface area contributed by atoms with Crippen molar-refractivity contribution in [1.29, 1.82) is 0 Å². The summed E-state index contributed by atoms with van der Waals surface area (Å²) in [5.41, 5.74) is 5.45. The molecule has 0 saturated heterocycles. The van der Waals surface area contributed by atoms with Gasteiger partial charge in [-0.2, -0.15) is 0 Å². The molecule has 2 aromatic carbocycles. The van der Waals surface area contributed by atoms with Gasteiger partial charge in [-0.25, -0.2) is 0 Å². The minimum absolute atomic E-state index is 0.965. The highest BCUT2D eigenvalue weighted by molar-refractivity contribution is 5.70. The van der Waals surface area contributed by atoms with Gasteiger partial charge >= 0.3 is 0 Å². The second-order valence-electron chi connectivity index (χ2n) is 5.79. The first kappa shape index (κ1) is 14.8. The monoisotopic (exact) mass is 268 g/mol. The van der Waals surface area contributed by atoms with Gasteiger partial charge in [-0.1, -0.05) is 48.5 Å². The van der Waals surface area contributed by atoms with Crippen LogP contribution >= 0.6 is 0 Å². The van der Waals surface area contributed by atoms with E-state index in [4.69, 9.17) is 0 Å². The van der Waals surface area contributed by atoms with Gasteiger partial charge in [0.2, 0.25) is 0 Å². The molecule has 106 valence electrons. The highest BCUT2D eigenvalue weighted by Crippen LogP contribution is 2.28. The third-order valence-corrected chi connectivity index (χ3v) is 3.30. The van der Waals surface area contributed by atoms with E-state index in [1.165, 1.54) is 22.3 Å². The van der Waals surface area contributed by atoms with Crippen LogP contribution in [0.2, 0.25) is 0 Å². The molecule has 20 heavy (non-hydrogen) atoms. The number of nitrogens with zero attached hydrogens (tertiary/aromatic N) is 2. The van der Waals surface area contributed by atoms with Crippen molar-refractivity contribution in [1.82, 2.24) is 9.80 Å². The molecule has 0 radical (unpaired) electrons. The molecule has 2 aromatic rings. The molecule has 0 amide bonds. The predicted octanol–water partition coefficient (Wildman–Crippen LogP) is 3.48. The first-order chi connectivity index (χ1) is 9.58. The minimum Gasteiger partial charge on any atom is -0.305 e. The largest absolute Gasteiger partial charge is 0.305 e. The van der Waals surface area contributed by atoms with Crippen LogP contribution in [0.5, 0.6) is 0 Å². The summed E-state index contributed by atoms with van der Waals surface area (Å²) in [6.45, 7) is 1.93. The SMILES string of the molecule is CN(C)Cc1ccccc1-c1ccccc1CN(C)C. The highest BCUT2D eigenvalue weighted by Gasteiger charge is 2.09. The van der Waals surface area contributed by atoms with Gasteiger partial charge in [0.05, 0.1) is 0 Å². The molecule has 0 saturated carbocycles. The second kappa shape index (κ2) is 6.69. The van der Waals surface area contributed by atoms with Crippen LogP contribution in [0.1, 0.15) is 11.1 Å². The number of hydrogen-bond donors (Lipinski definition) is 0. The number of rotatable bonds is 5. The Labute approximate surface area is 122 Å². The van der Waals surface area contributed by atoms with Crippen LogP contribution in [0.4, 0.5) is 0 Å². The van der Waals surface area contributed by atoms with E-state index in [9.17, 15) is 0 Å². The Hall–Kier alpha value is -1.64. The van der Waals surface area contributed by atoms with E-state index in [0.29, 0.717) is 0 Å². The molecule has 0 spiro atoms. The Kier molecular flexibility index (Phi) is 4.94. The summed E-state index contributed by atoms with van der Waals surface area (Å²) >= 11 is 0. The Morgan fingerprint density at radius 2 is 0.950 bits per heavy atom. The fourth-order valence-electron chi connectivity index (χ4n) is 2.52. The van der Waals surface area contributed by atoms with Crippen LogP contribution < -0.4 is 0 Å². The summed E-state index contributed by atoms with van der Waals surface area (Å²) in [6.07, 6.45) is 0. The molecule has 0 heterocycles. The molecule has 0 bridgehead atoms. The van der Waals surface area contributed by atoms with Gasteiger partial charge in [-0.3, -0.25) is 0 Å². The third-order valence-electron chi connectivity index (χ3n) is 3.30. The van der Waals surface area contributed by atoms with Gasteiger partial charge in [0.15, 0.2) is 0 Å². The van der Waals surface area contributed by atoms with Crippen LogP contribution in [0.15, 0.2) is 48.5 Å². The van der Waals surface area contributed by atoms with E-state index >= 15 is 0 Å². The fraction of sp³-hybridized carbons (Fsp3) is 0.333. The van der Waals surface area contributed by atoms with Crippen LogP contribution in [0.3, 0.4) is 0 Å². The van der Waals surface area contributed by atoms with Crippen molar-refractivity contribution in [3.8, 4) is 11.1 Å². The first-order valence-electron chi connectivity index (χ1n) is 7.03. The van der Waals surface area contributed by atoms with Crippen LogP contribution in [-0.2, 0) is 13.1 Å². The van der Waals surface area contributed by atoms with E-state index in [-0.39, 0.29) is 0 Å². The first-order valence-corrected chi connectivity index (χ1v) is 7.03. The summed E-state index contributed by atoms with van der Waals surface area (Å²) in [7, 11) is 8.45. The topological polar surface area (TPSA) is 6.48 Å². The average Bonchev–Trinajstić information content (AvgIpc) is 2.39. The van der Waals surface area contributed by atoms with Crippen molar-refractivity contribution < 1.29 is 0 Å². The zero-order valence-electron chi connectivity index (χ0n) is 12.9. The summed E-state index contributed by atoms with van der Waals surface area (Å²) < 4.78 is 0. The summed E-state index contributed by atoms with van der Waals surface area (Å²) in [5.74, 6) is 0. The average molecular weight is 268 g/mol. The van der Waals surface area contributed by atoms with E-state index in [0.717, 1.165) is 13.1 Å². The van der Waals surface area contributed by atoms with Gasteiger partial charge in [0, 0.05) is 13.1 Å². The lowest BCUT2D eigenvalue weighted by Gasteiger charge is -2.18. The molecule has 0 unspecified atom stereocenters. The van der Waals surface area contributed by atoms with Gasteiger partial charge in [-0.15, -0.1) is 0 Å². The van der Waals surface area contributed by atoms with Crippen molar-refractivity contribution in [3.05, 3.63) is 59.7 Å². The van der Waals surface area contributed by atoms with E-state index in [2.05, 4.69) is 86.5 Å². The molecule has 0 fully saturated rings. The molecule has 2 rings (SSSR count). The maximum Gasteiger partial charge on any atom is 0.0233 e. The Morgan fingerprint density at radius 1 is 0.600 bits per heavy atom. The summed E-state index contributed by atoms with van der Waals surface area (Å²) in [6, 6.07) is 17.4. The molecular weight excluding hydrogens is 244 g/mol. The third kappa shape index (κ3) is 3.69. The standard InChI is InChI=1S/C18H24N2/c1-19(2)13-15-9-5-7-11-17(15)18-12-8-6-10-16(18)14-20(3)4/h5-12H,13-14H2,1-4H3. The lowest BCUT2D eigenvalue weighted by molar-refractivity contribution is 0.401. The lowest BCUT2D eigenvalue weighted by atomic mass is 9.95. The normalized spacial score (nSPS) is 11.3. The predicted molar refractivity (Wildman–Crippen MR) is 86.7 cm³/mol. The maximum absolute atomic E-state index is 2.23. The molecule has 0 aromatic heterocycles. The zero-order chi connectivity index (χ0) is 14.5. The summed E-state index contributed by atoms with van der Waals surface area (Å²) in [4.78, 5) is 4.43. The molecule has 0 atom stereocenters. The van der Waals surface area contributed by atoms with Crippen molar-refractivity contribution in [2.75, 3.05) is 28.2 Å². The quantitative estimate of drug-likeness (QED) is 0.819. The molecule has 0 aliphatic carbocycles. The van der Waals surface area contributed by atoms with Crippen LogP contribution in [0.25, 0.3) is 11.1 Å². The molecule has 2 nitrogen and oxygen atoms in total. The molecule has 2 heteroatoms. The van der Waals surface area contributed by atoms with Crippen molar-refractivity contribution in [2.24, 2.45) is 0 Å². The van der Waals surface area contributed by atoms with Gasteiger partial charge in [0.25, 0.3) is 0 Å². The zero-order valence-corrected chi connectivity index (χ0v) is 12.9. The van der Waals surface area contributed by atoms with Crippen molar-refractivity contribution in [3.63, 3.8) is 0 Å². The van der Waals surface area contributed by atoms with E-state index in [1.807, 2.05) is 0 Å². The highest BCUT2D eigenvalue weighted by atomic mass is 15.1. The molecular formula is C18H24N2. The molecule has 0 N–H and O–H groups in total. The van der Waals surface area contributed by atoms with Gasteiger partial charge < -0.3 is 9.80 Å². The summed E-state index contributed by atoms with van der Waals surface area (Å²) in [5, 5.41) is 0. The Morgan fingerprint density at radius 3 is 1.30 bits per heavy atom. The maximum atomic E-state index is 2.23. The van der Waals surface area contributed by atoms with Crippen LogP contribution in [0, 0.1) is 0 Å². The minimum atomic E-state index is 0.965. The number of hydrogen-bond acceptors (Lipinski definition) is 2. The Bertz CT molecular complexity index is 507. The Balaban J connectivity index is 2.46. The van der Waals surface area contributed by atoms with E-state index < -0.39 is 0 Å². The van der Waals surface area contributed by atoms with E-state index in [1.54, 1.807) is 0 Å². The molecule has 0 aliphatic rings.